The van der Waals surface area contributed by atoms with Gasteiger partial charge in [0, 0.05) is 6.42 Å². The first-order valence-electron chi connectivity index (χ1n) is 14.2. The van der Waals surface area contributed by atoms with Crippen molar-refractivity contribution >= 4 is 23.9 Å². The number of benzene rings is 2. The molecule has 3 amide bonds. The molecule has 2 N–H and O–H groups in total. The van der Waals surface area contributed by atoms with Gasteiger partial charge in [-0.15, -0.1) is 0 Å². The first-order chi connectivity index (χ1) is 19.9. The number of alkyl carbamates (subject to hydrolysis) is 1. The Morgan fingerprint density at radius 1 is 0.907 bits per heavy atom. The maximum Gasteiger partial charge on any atom is 0.408 e. The number of nitrogens with zero attached hydrogens (tertiary/aromatic N) is 2. The van der Waals surface area contributed by atoms with Crippen LogP contribution in [0.3, 0.4) is 0 Å². The van der Waals surface area contributed by atoms with Gasteiger partial charge in [0.25, 0.3) is 0 Å². The van der Waals surface area contributed by atoms with Crippen molar-refractivity contribution in [2.24, 2.45) is 0 Å². The third-order valence-corrected chi connectivity index (χ3v) is 6.20. The summed E-state index contributed by atoms with van der Waals surface area (Å²) in [6, 6.07) is 13.0. The number of nitriles is 1. The van der Waals surface area contributed by atoms with Gasteiger partial charge < -0.3 is 25.0 Å². The molecule has 43 heavy (non-hydrogen) atoms. The molecule has 0 heterocycles. The fraction of sp³-hybridized carbons (Fsp3) is 0.485. The average Bonchev–Trinajstić information content (AvgIpc) is 2.87. The molecule has 10 heteroatoms. The maximum atomic E-state index is 14.2. The number of carbonyl (C=O) groups excluding carboxylic acids is 4. The van der Waals surface area contributed by atoms with Crippen LogP contribution in [0.25, 0.3) is 0 Å². The highest BCUT2D eigenvalue weighted by Crippen LogP contribution is 2.27. The van der Waals surface area contributed by atoms with E-state index in [1.54, 1.807) is 60.6 Å². The summed E-state index contributed by atoms with van der Waals surface area (Å²) in [4.78, 5) is 54.8. The Hall–Kier alpha value is -4.39. The van der Waals surface area contributed by atoms with Crippen LogP contribution < -0.4 is 10.6 Å². The number of amides is 3. The first kappa shape index (κ1) is 34.8. The van der Waals surface area contributed by atoms with Crippen molar-refractivity contribution in [1.82, 2.24) is 15.5 Å². The SMILES string of the molecule is Cc1ccc(C(C(=O)NC(Cc2ccccc2)C(=O)OC(C)(C)C)N(CC#N)C(=O)C(C)NC(=O)OC(C)(C)C)c(C)c1. The van der Waals surface area contributed by atoms with E-state index < -0.39 is 59.7 Å². The van der Waals surface area contributed by atoms with E-state index in [2.05, 4.69) is 10.6 Å². The first-order valence-corrected chi connectivity index (χ1v) is 14.2. The van der Waals surface area contributed by atoms with E-state index in [0.29, 0.717) is 11.1 Å². The monoisotopic (exact) mass is 592 g/mol. The van der Waals surface area contributed by atoms with Gasteiger partial charge in [-0.1, -0.05) is 54.1 Å². The van der Waals surface area contributed by atoms with E-state index in [-0.39, 0.29) is 6.42 Å². The van der Waals surface area contributed by atoms with Crippen LogP contribution >= 0.6 is 0 Å². The number of rotatable bonds is 10. The minimum absolute atomic E-state index is 0.143. The van der Waals surface area contributed by atoms with Crippen molar-refractivity contribution in [3.63, 3.8) is 0 Å². The second-order valence-electron chi connectivity index (χ2n) is 12.5. The van der Waals surface area contributed by atoms with Crippen LogP contribution in [0.15, 0.2) is 48.5 Å². The van der Waals surface area contributed by atoms with Crippen LogP contribution in [-0.2, 0) is 30.3 Å². The summed E-state index contributed by atoms with van der Waals surface area (Å²) in [6.07, 6.45) is -0.671. The second kappa shape index (κ2) is 14.7. The Morgan fingerprint density at radius 2 is 1.51 bits per heavy atom. The third-order valence-electron chi connectivity index (χ3n) is 6.20. The number of aryl methyl sites for hydroxylation is 2. The third kappa shape index (κ3) is 11.1. The van der Waals surface area contributed by atoms with E-state index in [0.717, 1.165) is 16.0 Å². The predicted octanol–water partition coefficient (Wildman–Crippen LogP) is 4.68. The maximum absolute atomic E-state index is 14.2. The molecule has 0 saturated carbocycles. The van der Waals surface area contributed by atoms with Gasteiger partial charge in [-0.3, -0.25) is 9.59 Å². The molecular formula is C33H44N4O6. The molecule has 0 aliphatic heterocycles. The van der Waals surface area contributed by atoms with Crippen molar-refractivity contribution in [2.45, 2.75) is 98.1 Å². The Kier molecular flexibility index (Phi) is 11.9. The van der Waals surface area contributed by atoms with Gasteiger partial charge in [0.05, 0.1) is 6.07 Å². The second-order valence-corrected chi connectivity index (χ2v) is 12.5. The summed E-state index contributed by atoms with van der Waals surface area (Å²) in [5, 5.41) is 15.0. The molecular weight excluding hydrogens is 548 g/mol. The summed E-state index contributed by atoms with van der Waals surface area (Å²) in [5.41, 5.74) is 1.31. The number of esters is 1. The molecule has 2 aromatic carbocycles. The van der Waals surface area contributed by atoms with Gasteiger partial charge in [-0.2, -0.15) is 5.26 Å². The lowest BCUT2D eigenvalue weighted by Crippen LogP contribution is -2.54. The van der Waals surface area contributed by atoms with Crippen molar-refractivity contribution in [2.75, 3.05) is 6.54 Å². The largest absolute Gasteiger partial charge is 0.458 e. The van der Waals surface area contributed by atoms with Gasteiger partial charge in [0.2, 0.25) is 11.8 Å². The van der Waals surface area contributed by atoms with E-state index in [1.165, 1.54) is 6.92 Å². The zero-order valence-corrected chi connectivity index (χ0v) is 26.6. The van der Waals surface area contributed by atoms with Crippen LogP contribution in [0.5, 0.6) is 0 Å². The summed E-state index contributed by atoms with van der Waals surface area (Å²) in [6.45, 7) is 15.0. The normalized spacial score (nSPS) is 13.5. The molecule has 0 aliphatic rings. The highest BCUT2D eigenvalue weighted by atomic mass is 16.6. The molecule has 0 aromatic heterocycles. The summed E-state index contributed by atoms with van der Waals surface area (Å²) in [5.74, 6) is -1.99. The van der Waals surface area contributed by atoms with Crippen LogP contribution in [0, 0.1) is 25.2 Å². The zero-order chi connectivity index (χ0) is 32.5. The lowest BCUT2D eigenvalue weighted by atomic mass is 9.96. The van der Waals surface area contributed by atoms with Crippen molar-refractivity contribution < 1.29 is 28.7 Å². The molecule has 0 radical (unpaired) electrons. The zero-order valence-electron chi connectivity index (χ0n) is 26.6. The number of hydrogen-bond acceptors (Lipinski definition) is 7. The van der Waals surface area contributed by atoms with E-state index in [1.807, 2.05) is 49.4 Å². The molecule has 3 atom stereocenters. The predicted molar refractivity (Wildman–Crippen MR) is 163 cm³/mol. The average molecular weight is 593 g/mol. The topological polar surface area (TPSA) is 138 Å². The van der Waals surface area contributed by atoms with Gasteiger partial charge in [-0.05, 0) is 79.0 Å². The highest BCUT2D eigenvalue weighted by Gasteiger charge is 2.38. The van der Waals surface area contributed by atoms with Gasteiger partial charge in [-0.25, -0.2) is 9.59 Å². The molecule has 0 bridgehead atoms. The van der Waals surface area contributed by atoms with Crippen molar-refractivity contribution in [1.29, 1.82) is 5.26 Å². The molecule has 2 aromatic rings. The molecule has 0 fully saturated rings. The smallest absolute Gasteiger partial charge is 0.408 e. The van der Waals surface area contributed by atoms with E-state index in [9.17, 15) is 24.4 Å². The number of hydrogen-bond donors (Lipinski definition) is 2. The van der Waals surface area contributed by atoms with Crippen LogP contribution in [0.4, 0.5) is 4.79 Å². The number of nitrogens with one attached hydrogen (secondary N) is 2. The lowest BCUT2D eigenvalue weighted by Gasteiger charge is -2.34. The Balaban J connectivity index is 2.54. The number of ether oxygens (including phenoxy) is 2. The summed E-state index contributed by atoms with van der Waals surface area (Å²) < 4.78 is 10.9. The van der Waals surface area contributed by atoms with Crippen LogP contribution in [0.2, 0.25) is 0 Å². The molecule has 0 saturated heterocycles. The number of carbonyl (C=O) groups is 4. The Labute approximate surface area is 254 Å². The van der Waals surface area contributed by atoms with Gasteiger partial charge >= 0.3 is 12.1 Å². The van der Waals surface area contributed by atoms with Crippen LogP contribution in [-0.4, -0.2) is 58.6 Å². The summed E-state index contributed by atoms with van der Waals surface area (Å²) in [7, 11) is 0. The molecule has 0 spiro atoms. The van der Waals surface area contributed by atoms with E-state index in [4.69, 9.17) is 9.47 Å². The van der Waals surface area contributed by atoms with E-state index >= 15 is 0 Å². The quantitative estimate of drug-likeness (QED) is 0.302. The molecule has 3 unspecified atom stereocenters. The van der Waals surface area contributed by atoms with Gasteiger partial charge in [0.15, 0.2) is 0 Å². The van der Waals surface area contributed by atoms with Crippen molar-refractivity contribution in [3.8, 4) is 6.07 Å². The van der Waals surface area contributed by atoms with Gasteiger partial charge in [0.1, 0.15) is 35.9 Å². The van der Waals surface area contributed by atoms with Crippen molar-refractivity contribution in [3.05, 3.63) is 70.8 Å². The molecule has 2 rings (SSSR count). The minimum Gasteiger partial charge on any atom is -0.458 e. The lowest BCUT2D eigenvalue weighted by molar-refractivity contribution is -0.159. The molecule has 10 nitrogen and oxygen atoms in total. The van der Waals surface area contributed by atoms with Crippen LogP contribution in [0.1, 0.15) is 76.8 Å². The fourth-order valence-electron chi connectivity index (χ4n) is 4.42. The molecule has 232 valence electrons. The standard InChI is InChI=1S/C33H44N4O6/c1-21-15-16-25(22(2)19-21)27(37(18-17-34)29(39)23(3)35-31(41)43-33(7,8)9)28(38)36-26(30(40)42-32(4,5)6)20-24-13-11-10-12-14-24/h10-16,19,23,26-27H,18,20H2,1-9H3,(H,35,41)(H,36,38). The Bertz CT molecular complexity index is 1340. The summed E-state index contributed by atoms with van der Waals surface area (Å²) >= 11 is 0. The highest BCUT2D eigenvalue weighted by molar-refractivity contribution is 5.94. The minimum atomic E-state index is -1.30. The fourth-order valence-corrected chi connectivity index (χ4v) is 4.42. The Morgan fingerprint density at radius 3 is 2.05 bits per heavy atom. The molecule has 0 aliphatic carbocycles.